The van der Waals surface area contributed by atoms with Crippen LogP contribution < -0.4 is 5.32 Å². The maximum absolute atomic E-state index is 11.6. The molecule has 4 nitrogen and oxygen atoms in total. The van der Waals surface area contributed by atoms with E-state index in [1.165, 1.54) is 4.70 Å². The molecule has 0 aliphatic rings. The number of hydrogen-bond acceptors (Lipinski definition) is 4. The summed E-state index contributed by atoms with van der Waals surface area (Å²) < 4.78 is 6.40. The van der Waals surface area contributed by atoms with Crippen LogP contribution in [0.5, 0.6) is 0 Å². The third kappa shape index (κ3) is 4.53. The molecule has 0 radical (unpaired) electrons. The van der Waals surface area contributed by atoms with Gasteiger partial charge in [0.05, 0.1) is 21.8 Å². The number of carbonyl (C=O) groups excluding carboxylic acids is 1. The molecule has 23 heavy (non-hydrogen) atoms. The Balaban J connectivity index is 1.36. The average molecular weight is 326 g/mol. The van der Waals surface area contributed by atoms with E-state index in [4.69, 9.17) is 4.74 Å². The molecule has 1 amide bonds. The van der Waals surface area contributed by atoms with Gasteiger partial charge in [-0.15, -0.1) is 11.3 Å². The fourth-order valence-electron chi connectivity index (χ4n) is 2.25. The van der Waals surface area contributed by atoms with Crippen molar-refractivity contribution >= 4 is 33.3 Å². The number of hydrogen-bond donors (Lipinski definition) is 1. The summed E-state index contributed by atoms with van der Waals surface area (Å²) in [5.74, 6) is 0. The Morgan fingerprint density at radius 1 is 1.04 bits per heavy atom. The van der Waals surface area contributed by atoms with E-state index in [0.717, 1.165) is 35.5 Å². The van der Waals surface area contributed by atoms with E-state index in [0.29, 0.717) is 6.61 Å². The number of fused-ring (bicyclic) bond motifs is 1. The zero-order valence-electron chi connectivity index (χ0n) is 12.7. The standard InChI is InChI=1S/C18H18N2O2S/c21-18(19-14-8-2-1-3-9-14)22-13-7-6-12-17-20-15-10-4-5-11-16(15)23-17/h1-5,8-11H,6-7,12-13H2,(H,19,21). The molecular weight excluding hydrogens is 308 g/mol. The zero-order valence-corrected chi connectivity index (χ0v) is 13.5. The molecule has 0 aliphatic carbocycles. The summed E-state index contributed by atoms with van der Waals surface area (Å²) in [6.45, 7) is 0.420. The first-order chi connectivity index (χ1) is 11.3. The molecule has 1 N–H and O–H groups in total. The first-order valence-corrected chi connectivity index (χ1v) is 8.46. The zero-order chi connectivity index (χ0) is 15.9. The van der Waals surface area contributed by atoms with Crippen LogP contribution >= 0.6 is 11.3 Å². The van der Waals surface area contributed by atoms with Gasteiger partial charge in [0.25, 0.3) is 0 Å². The van der Waals surface area contributed by atoms with Gasteiger partial charge in [-0.3, -0.25) is 5.32 Å². The molecule has 0 bridgehead atoms. The van der Waals surface area contributed by atoms with Crippen LogP contribution in [0.3, 0.4) is 0 Å². The molecule has 0 fully saturated rings. The van der Waals surface area contributed by atoms with Crippen molar-refractivity contribution in [3.63, 3.8) is 0 Å². The Labute approximate surface area is 139 Å². The molecule has 3 aromatic rings. The molecule has 1 aromatic heterocycles. The van der Waals surface area contributed by atoms with E-state index in [1.54, 1.807) is 11.3 Å². The summed E-state index contributed by atoms with van der Waals surface area (Å²) in [5, 5.41) is 3.84. The average Bonchev–Trinajstić information content (AvgIpc) is 2.98. The van der Waals surface area contributed by atoms with Crippen LogP contribution in [0.25, 0.3) is 10.2 Å². The van der Waals surface area contributed by atoms with Crippen LogP contribution in [0, 0.1) is 0 Å². The molecule has 0 atom stereocenters. The van der Waals surface area contributed by atoms with Crippen molar-refractivity contribution in [2.24, 2.45) is 0 Å². The van der Waals surface area contributed by atoms with E-state index in [-0.39, 0.29) is 0 Å². The van der Waals surface area contributed by atoms with Gasteiger partial charge in [0.1, 0.15) is 0 Å². The number of aromatic nitrogens is 1. The number of carbonyl (C=O) groups is 1. The number of benzene rings is 2. The molecular formula is C18H18N2O2S. The number of nitrogens with zero attached hydrogens (tertiary/aromatic N) is 1. The highest BCUT2D eigenvalue weighted by atomic mass is 32.1. The number of rotatable bonds is 6. The monoisotopic (exact) mass is 326 g/mol. The lowest BCUT2D eigenvalue weighted by Gasteiger charge is -2.06. The van der Waals surface area contributed by atoms with Crippen LogP contribution in [-0.2, 0) is 11.2 Å². The van der Waals surface area contributed by atoms with Crippen LogP contribution in [0.15, 0.2) is 54.6 Å². The minimum absolute atomic E-state index is 0.406. The second-order valence-corrected chi connectivity index (χ2v) is 6.27. The summed E-state index contributed by atoms with van der Waals surface area (Å²) in [6, 6.07) is 17.5. The molecule has 1 heterocycles. The van der Waals surface area contributed by atoms with Gasteiger partial charge in [-0.25, -0.2) is 9.78 Å². The lowest BCUT2D eigenvalue weighted by Crippen LogP contribution is -2.14. The molecule has 0 spiro atoms. The van der Waals surface area contributed by atoms with Crippen molar-refractivity contribution in [3.8, 4) is 0 Å². The van der Waals surface area contributed by atoms with E-state index >= 15 is 0 Å². The van der Waals surface area contributed by atoms with Crippen molar-refractivity contribution in [2.45, 2.75) is 19.3 Å². The number of nitrogens with one attached hydrogen (secondary N) is 1. The Morgan fingerprint density at radius 2 is 1.83 bits per heavy atom. The van der Waals surface area contributed by atoms with Crippen molar-refractivity contribution < 1.29 is 9.53 Å². The van der Waals surface area contributed by atoms with Gasteiger partial charge in [-0.05, 0) is 43.5 Å². The van der Waals surface area contributed by atoms with Crippen molar-refractivity contribution in [1.82, 2.24) is 4.98 Å². The van der Waals surface area contributed by atoms with E-state index in [2.05, 4.69) is 16.4 Å². The number of para-hydroxylation sites is 2. The number of anilines is 1. The SMILES string of the molecule is O=C(Nc1ccccc1)OCCCCc1nc2ccccc2s1. The van der Waals surface area contributed by atoms with Crippen molar-refractivity contribution in [3.05, 3.63) is 59.6 Å². The third-order valence-electron chi connectivity index (χ3n) is 3.38. The van der Waals surface area contributed by atoms with Crippen LogP contribution in [-0.4, -0.2) is 17.7 Å². The number of thiazole rings is 1. The number of unbranched alkanes of at least 4 members (excludes halogenated alkanes) is 1. The Kier molecular flexibility index (Phi) is 5.21. The Bertz CT molecular complexity index is 738. The molecule has 0 saturated carbocycles. The van der Waals surface area contributed by atoms with Gasteiger partial charge in [-0.1, -0.05) is 30.3 Å². The summed E-state index contributed by atoms with van der Waals surface area (Å²) in [6.07, 6.45) is 2.30. The molecule has 3 rings (SSSR count). The highest BCUT2D eigenvalue weighted by Crippen LogP contribution is 2.22. The quantitative estimate of drug-likeness (QED) is 0.658. The van der Waals surface area contributed by atoms with Gasteiger partial charge in [-0.2, -0.15) is 0 Å². The maximum Gasteiger partial charge on any atom is 0.411 e. The number of ether oxygens (including phenoxy) is 1. The third-order valence-corrected chi connectivity index (χ3v) is 4.47. The van der Waals surface area contributed by atoms with Gasteiger partial charge < -0.3 is 4.74 Å². The topological polar surface area (TPSA) is 51.2 Å². The Hall–Kier alpha value is -2.40. The minimum Gasteiger partial charge on any atom is -0.449 e. The fraction of sp³-hybridized carbons (Fsp3) is 0.222. The molecule has 0 saturated heterocycles. The molecule has 118 valence electrons. The van der Waals surface area contributed by atoms with Gasteiger partial charge in [0, 0.05) is 5.69 Å². The second kappa shape index (κ2) is 7.74. The number of aryl methyl sites for hydroxylation is 1. The predicted molar refractivity (Wildman–Crippen MR) is 94.0 cm³/mol. The van der Waals surface area contributed by atoms with Gasteiger partial charge >= 0.3 is 6.09 Å². The summed E-state index contributed by atoms with van der Waals surface area (Å²) in [4.78, 5) is 16.2. The fourth-order valence-corrected chi connectivity index (χ4v) is 3.25. The van der Waals surface area contributed by atoms with Crippen molar-refractivity contribution in [1.29, 1.82) is 0 Å². The smallest absolute Gasteiger partial charge is 0.411 e. The highest BCUT2D eigenvalue weighted by molar-refractivity contribution is 7.18. The van der Waals surface area contributed by atoms with Crippen LogP contribution in [0.4, 0.5) is 10.5 Å². The van der Waals surface area contributed by atoms with Gasteiger partial charge in [0.2, 0.25) is 0 Å². The van der Waals surface area contributed by atoms with Crippen LogP contribution in [0.1, 0.15) is 17.8 Å². The van der Waals surface area contributed by atoms with Crippen LogP contribution in [0.2, 0.25) is 0 Å². The largest absolute Gasteiger partial charge is 0.449 e. The second-order valence-electron chi connectivity index (χ2n) is 5.16. The Morgan fingerprint density at radius 3 is 2.65 bits per heavy atom. The molecule has 2 aromatic carbocycles. The van der Waals surface area contributed by atoms with E-state index < -0.39 is 6.09 Å². The summed E-state index contributed by atoms with van der Waals surface area (Å²) >= 11 is 1.73. The molecule has 0 aliphatic heterocycles. The van der Waals surface area contributed by atoms with E-state index in [1.807, 2.05) is 48.5 Å². The van der Waals surface area contributed by atoms with E-state index in [9.17, 15) is 4.79 Å². The predicted octanol–water partition coefficient (Wildman–Crippen LogP) is 4.87. The first kappa shape index (κ1) is 15.5. The molecule has 0 unspecified atom stereocenters. The minimum atomic E-state index is -0.406. The normalized spacial score (nSPS) is 10.6. The first-order valence-electron chi connectivity index (χ1n) is 7.64. The van der Waals surface area contributed by atoms with Gasteiger partial charge in [0.15, 0.2) is 0 Å². The number of amides is 1. The lowest BCUT2D eigenvalue weighted by molar-refractivity contribution is 0.159. The summed E-state index contributed by atoms with van der Waals surface area (Å²) in [7, 11) is 0. The summed E-state index contributed by atoms with van der Waals surface area (Å²) in [5.41, 5.74) is 1.80. The molecule has 5 heteroatoms. The lowest BCUT2D eigenvalue weighted by atomic mass is 10.2. The maximum atomic E-state index is 11.6. The van der Waals surface area contributed by atoms with Crippen molar-refractivity contribution in [2.75, 3.05) is 11.9 Å². The highest BCUT2D eigenvalue weighted by Gasteiger charge is 2.04.